The highest BCUT2D eigenvalue weighted by Gasteiger charge is 2.50. The second-order valence-electron chi connectivity index (χ2n) is 10.2. The molecule has 194 valence electrons. The average molecular weight is 530 g/mol. The molecule has 2 aromatic carbocycles. The number of hydrogen-bond donors (Lipinski definition) is 2. The smallest absolute Gasteiger partial charge is 0.264 e. The van der Waals surface area contributed by atoms with E-state index in [1.807, 2.05) is 48.7 Å². The Kier molecular flexibility index (Phi) is 5.99. The van der Waals surface area contributed by atoms with Crippen LogP contribution in [0.4, 0.5) is 5.69 Å². The van der Waals surface area contributed by atoms with E-state index in [-0.39, 0.29) is 28.3 Å². The molecule has 3 unspecified atom stereocenters. The first kappa shape index (κ1) is 24.6. The van der Waals surface area contributed by atoms with Gasteiger partial charge >= 0.3 is 0 Å². The Balaban J connectivity index is 1.24. The number of nitrogens with one attached hydrogen (secondary N) is 1. The maximum atomic E-state index is 12.7. The van der Waals surface area contributed by atoms with Crippen molar-refractivity contribution in [3.63, 3.8) is 0 Å². The van der Waals surface area contributed by atoms with Gasteiger partial charge in [-0.15, -0.1) is 4.59 Å². The highest BCUT2D eigenvalue weighted by atomic mass is 32.2. The third-order valence-electron chi connectivity index (χ3n) is 7.93. The molecule has 6 rings (SSSR count). The molecule has 3 atom stereocenters. The van der Waals surface area contributed by atoms with Crippen molar-refractivity contribution in [2.75, 3.05) is 18.4 Å². The largest absolute Gasteiger partial charge is 0.322 e. The van der Waals surface area contributed by atoms with Crippen LogP contribution in [-0.4, -0.2) is 48.4 Å². The number of aliphatic imine (C=N–C) groups is 2. The second-order valence-corrected chi connectivity index (χ2v) is 12.1. The number of nitrogens with zero attached hydrogens (tertiary/aromatic N) is 4. The van der Waals surface area contributed by atoms with Gasteiger partial charge < -0.3 is 5.32 Å². The molecule has 1 amide bonds. The first-order valence-corrected chi connectivity index (χ1v) is 14.1. The molecule has 0 bridgehead atoms. The van der Waals surface area contributed by atoms with Gasteiger partial charge in [-0.1, -0.05) is 24.8 Å². The minimum Gasteiger partial charge on any atom is -0.322 e. The molecule has 1 saturated heterocycles. The fourth-order valence-corrected chi connectivity index (χ4v) is 7.00. The van der Waals surface area contributed by atoms with E-state index >= 15 is 0 Å². The van der Waals surface area contributed by atoms with Gasteiger partial charge in [0, 0.05) is 35.7 Å². The SMILES string of the molecule is C=CS(=O)(=O)N1CC2CC(C3=C4C=NC=C[N+]4(N)C(c4ccc(C(=O)Nc5ccccc5)cc4)=N3)CC2C1. The van der Waals surface area contributed by atoms with Crippen LogP contribution in [0.1, 0.15) is 28.8 Å². The van der Waals surface area contributed by atoms with Crippen LogP contribution in [0.5, 0.6) is 0 Å². The summed E-state index contributed by atoms with van der Waals surface area (Å²) in [5.41, 5.74) is 3.82. The number of fused-ring (bicyclic) bond motifs is 2. The van der Waals surface area contributed by atoms with Crippen LogP contribution in [0.25, 0.3) is 0 Å². The van der Waals surface area contributed by atoms with Crippen molar-refractivity contribution < 1.29 is 17.8 Å². The number of amidine groups is 1. The number of rotatable bonds is 6. The summed E-state index contributed by atoms with van der Waals surface area (Å²) in [5.74, 6) is 8.10. The highest BCUT2D eigenvalue weighted by molar-refractivity contribution is 7.92. The molecule has 0 aromatic heterocycles. The first-order valence-electron chi connectivity index (χ1n) is 12.6. The lowest BCUT2D eigenvalue weighted by molar-refractivity contribution is -0.750. The van der Waals surface area contributed by atoms with Crippen LogP contribution in [0.3, 0.4) is 0 Å². The number of nitrogens with two attached hydrogens (primary N) is 1. The van der Waals surface area contributed by atoms with Crippen molar-refractivity contribution in [1.29, 1.82) is 0 Å². The summed E-state index contributed by atoms with van der Waals surface area (Å²) in [6, 6.07) is 16.6. The number of benzene rings is 2. The molecule has 2 aromatic rings. The van der Waals surface area contributed by atoms with Crippen LogP contribution < -0.4 is 11.2 Å². The Labute approximate surface area is 222 Å². The van der Waals surface area contributed by atoms with Crippen LogP contribution in [0.2, 0.25) is 0 Å². The summed E-state index contributed by atoms with van der Waals surface area (Å²) in [5, 5.41) is 3.93. The topological polar surface area (TPSA) is 117 Å². The van der Waals surface area contributed by atoms with Crippen molar-refractivity contribution in [2.24, 2.45) is 33.6 Å². The van der Waals surface area contributed by atoms with Crippen LogP contribution in [0.15, 0.2) is 100 Å². The number of para-hydroxylation sites is 1. The Hall–Kier alpha value is -3.70. The minimum atomic E-state index is -3.40. The Morgan fingerprint density at radius 1 is 1.08 bits per heavy atom. The standard InChI is InChI=1S/C28H28N6O3S/c1-2-38(36,37)33-17-22-14-21(15-23(22)18-33)26-25-16-30-12-13-34(25,29)27(32-26)19-8-10-20(11-9-19)28(35)31-24-6-4-3-5-7-24/h2-13,16,21-23H,1,14-15,17-18,29H2/p+1. The maximum absolute atomic E-state index is 12.7. The second kappa shape index (κ2) is 9.25. The minimum absolute atomic E-state index is 0.0861. The molecule has 9 nitrogen and oxygen atoms in total. The Morgan fingerprint density at radius 2 is 1.76 bits per heavy atom. The van der Waals surface area contributed by atoms with E-state index in [2.05, 4.69) is 16.9 Å². The summed E-state index contributed by atoms with van der Waals surface area (Å²) < 4.78 is 26.0. The third kappa shape index (κ3) is 4.15. The summed E-state index contributed by atoms with van der Waals surface area (Å²) >= 11 is 0. The van der Waals surface area contributed by atoms with Gasteiger partial charge in [-0.25, -0.2) is 8.42 Å². The quantitative estimate of drug-likeness (QED) is 0.439. The zero-order chi connectivity index (χ0) is 26.5. The van der Waals surface area contributed by atoms with E-state index in [1.54, 1.807) is 24.5 Å². The lowest BCUT2D eigenvalue weighted by Crippen LogP contribution is -2.53. The molecule has 1 aliphatic carbocycles. The lowest BCUT2D eigenvalue weighted by atomic mass is 10.00. The number of amides is 1. The molecule has 3 aliphatic heterocycles. The maximum Gasteiger partial charge on any atom is 0.264 e. The number of allylic oxidation sites excluding steroid dienone is 2. The number of anilines is 1. The molecule has 3 N–H and O–H groups in total. The Bertz CT molecular complexity index is 1510. The van der Waals surface area contributed by atoms with E-state index in [0.29, 0.717) is 24.5 Å². The number of quaternary nitrogens is 1. The van der Waals surface area contributed by atoms with Gasteiger partial charge in [0.1, 0.15) is 11.9 Å². The van der Waals surface area contributed by atoms with Gasteiger partial charge in [0.15, 0.2) is 0 Å². The molecule has 2 fully saturated rings. The molecule has 0 spiro atoms. The summed E-state index contributed by atoms with van der Waals surface area (Å²) in [4.78, 5) is 22.1. The molecule has 0 radical (unpaired) electrons. The van der Waals surface area contributed by atoms with E-state index in [0.717, 1.165) is 40.9 Å². The number of carbonyl (C=O) groups excluding carboxylic acids is 1. The monoisotopic (exact) mass is 529 g/mol. The average Bonchev–Trinajstić information content (AvgIpc) is 3.59. The van der Waals surface area contributed by atoms with Gasteiger partial charge in [0.25, 0.3) is 11.7 Å². The first-order chi connectivity index (χ1) is 18.3. The van der Waals surface area contributed by atoms with E-state index in [9.17, 15) is 13.2 Å². The lowest BCUT2D eigenvalue weighted by Gasteiger charge is -2.26. The number of sulfonamides is 1. The van der Waals surface area contributed by atoms with Crippen LogP contribution in [0, 0.1) is 17.8 Å². The summed E-state index contributed by atoms with van der Waals surface area (Å²) in [7, 11) is -3.40. The molecular formula is C28H29N6O3S+. The molecule has 38 heavy (non-hydrogen) atoms. The predicted octanol–water partition coefficient (Wildman–Crippen LogP) is 3.59. The van der Waals surface area contributed by atoms with Gasteiger partial charge in [-0.3, -0.25) is 9.79 Å². The van der Waals surface area contributed by atoms with Gasteiger partial charge in [0.05, 0.1) is 18.0 Å². The normalized spacial score (nSPS) is 28.2. The summed E-state index contributed by atoms with van der Waals surface area (Å²) in [6.45, 7) is 4.48. The van der Waals surface area contributed by atoms with Crippen LogP contribution >= 0.6 is 0 Å². The van der Waals surface area contributed by atoms with Crippen molar-refractivity contribution >= 4 is 33.7 Å². The third-order valence-corrected chi connectivity index (χ3v) is 9.37. The van der Waals surface area contributed by atoms with Crippen molar-refractivity contribution in [3.8, 4) is 0 Å². The molecule has 4 aliphatic rings. The molecule has 10 heteroatoms. The zero-order valence-corrected chi connectivity index (χ0v) is 21.6. The fraction of sp³-hybridized carbons (Fsp3) is 0.250. The number of carbonyl (C=O) groups is 1. The van der Waals surface area contributed by atoms with E-state index in [1.165, 1.54) is 4.31 Å². The Morgan fingerprint density at radius 3 is 2.42 bits per heavy atom. The van der Waals surface area contributed by atoms with E-state index < -0.39 is 10.0 Å². The van der Waals surface area contributed by atoms with Crippen molar-refractivity contribution in [2.45, 2.75) is 12.8 Å². The van der Waals surface area contributed by atoms with Crippen molar-refractivity contribution in [3.05, 3.63) is 102 Å². The molecule has 1 saturated carbocycles. The summed E-state index contributed by atoms with van der Waals surface area (Å²) in [6.07, 6.45) is 6.95. The fourth-order valence-electron chi connectivity index (χ4n) is 5.99. The van der Waals surface area contributed by atoms with E-state index in [4.69, 9.17) is 10.8 Å². The predicted molar refractivity (Wildman–Crippen MR) is 147 cm³/mol. The molecule has 3 heterocycles. The highest BCUT2D eigenvalue weighted by Crippen LogP contribution is 2.48. The zero-order valence-electron chi connectivity index (χ0n) is 20.8. The molecular weight excluding hydrogens is 500 g/mol. The van der Waals surface area contributed by atoms with Gasteiger partial charge in [-0.05, 0) is 61.1 Å². The van der Waals surface area contributed by atoms with Crippen molar-refractivity contribution in [1.82, 2.24) is 4.31 Å². The number of hydrogen-bond acceptors (Lipinski definition) is 6. The van der Waals surface area contributed by atoms with Gasteiger partial charge in [-0.2, -0.15) is 15.1 Å². The van der Waals surface area contributed by atoms with Crippen LogP contribution in [-0.2, 0) is 10.0 Å². The van der Waals surface area contributed by atoms with Gasteiger partial charge in [0.2, 0.25) is 15.7 Å².